The smallest absolute Gasteiger partial charge is 0.496 e. The van der Waals surface area contributed by atoms with Crippen LogP contribution in [0.3, 0.4) is 0 Å². The number of pyridine rings is 1. The van der Waals surface area contributed by atoms with E-state index < -0.39 is 6.36 Å². The molecule has 1 aromatic carbocycles. The summed E-state index contributed by atoms with van der Waals surface area (Å²) in [6.45, 7) is 4.49. The SMILES string of the molecule is COC[C@H](C)n1cc(Br)c2nc(-c3ccc(OC(F)(F)F)cc3OC)c(C)cc21. The van der Waals surface area contributed by atoms with Crippen LogP contribution in [0.15, 0.2) is 34.9 Å². The fourth-order valence-electron chi connectivity index (χ4n) is 3.25. The Bertz CT molecular complexity index is 1030. The van der Waals surface area contributed by atoms with Gasteiger partial charge in [0.1, 0.15) is 17.0 Å². The van der Waals surface area contributed by atoms with Gasteiger partial charge in [-0.25, -0.2) is 4.98 Å². The molecule has 9 heteroatoms. The van der Waals surface area contributed by atoms with Crippen molar-refractivity contribution in [1.82, 2.24) is 9.55 Å². The minimum absolute atomic E-state index is 0.106. The molecule has 156 valence electrons. The third-order valence-corrected chi connectivity index (χ3v) is 5.07. The van der Waals surface area contributed by atoms with E-state index in [-0.39, 0.29) is 17.5 Å². The summed E-state index contributed by atoms with van der Waals surface area (Å²) in [5, 5.41) is 0. The van der Waals surface area contributed by atoms with Gasteiger partial charge in [-0.1, -0.05) is 0 Å². The van der Waals surface area contributed by atoms with E-state index in [1.165, 1.54) is 25.3 Å². The number of hydrogen-bond donors (Lipinski definition) is 0. The molecule has 0 saturated carbocycles. The maximum absolute atomic E-state index is 12.5. The lowest BCUT2D eigenvalue weighted by Gasteiger charge is -2.16. The first kappa shape index (κ1) is 21.4. The molecule has 29 heavy (non-hydrogen) atoms. The van der Waals surface area contributed by atoms with E-state index in [9.17, 15) is 13.2 Å². The number of methoxy groups -OCH3 is 2. The zero-order valence-corrected chi connectivity index (χ0v) is 17.9. The van der Waals surface area contributed by atoms with Crippen molar-refractivity contribution in [2.45, 2.75) is 26.3 Å². The molecule has 0 N–H and O–H groups in total. The molecule has 5 nitrogen and oxygen atoms in total. The van der Waals surface area contributed by atoms with Crippen molar-refractivity contribution in [2.75, 3.05) is 20.8 Å². The zero-order valence-electron chi connectivity index (χ0n) is 16.3. The molecule has 0 saturated heterocycles. The number of hydrogen-bond acceptors (Lipinski definition) is 4. The van der Waals surface area contributed by atoms with Crippen LogP contribution in [0.1, 0.15) is 18.5 Å². The molecular formula is C20H20BrF3N2O3. The summed E-state index contributed by atoms with van der Waals surface area (Å²) in [4.78, 5) is 4.77. The van der Waals surface area contributed by atoms with E-state index in [1.807, 2.05) is 26.1 Å². The van der Waals surface area contributed by atoms with Crippen LogP contribution in [0, 0.1) is 6.92 Å². The average Bonchev–Trinajstić information content (AvgIpc) is 2.96. The molecule has 0 fully saturated rings. The Kier molecular flexibility index (Phi) is 6.09. The number of aryl methyl sites for hydroxylation is 1. The van der Waals surface area contributed by atoms with Gasteiger partial charge in [0.05, 0.1) is 35.4 Å². The number of alkyl halides is 3. The summed E-state index contributed by atoms with van der Waals surface area (Å²) >= 11 is 3.55. The molecule has 3 rings (SSSR count). The number of ether oxygens (including phenoxy) is 3. The molecule has 1 atom stereocenters. The van der Waals surface area contributed by atoms with Crippen molar-refractivity contribution in [3.05, 3.63) is 40.5 Å². The predicted octanol–water partition coefficient (Wildman–Crippen LogP) is 5.89. The summed E-state index contributed by atoms with van der Waals surface area (Å²) < 4.78 is 55.0. The molecule has 2 aromatic heterocycles. The first-order valence-corrected chi connectivity index (χ1v) is 9.54. The number of rotatable bonds is 6. The zero-order chi connectivity index (χ0) is 21.3. The summed E-state index contributed by atoms with van der Waals surface area (Å²) in [5.74, 6) is -0.109. The maximum atomic E-state index is 12.5. The molecule has 0 aliphatic rings. The highest BCUT2D eigenvalue weighted by atomic mass is 79.9. The average molecular weight is 473 g/mol. The second kappa shape index (κ2) is 8.23. The molecule has 2 heterocycles. The second-order valence-corrected chi connectivity index (χ2v) is 7.47. The van der Waals surface area contributed by atoms with E-state index >= 15 is 0 Å². The second-order valence-electron chi connectivity index (χ2n) is 6.62. The Morgan fingerprint density at radius 1 is 1.21 bits per heavy atom. The van der Waals surface area contributed by atoms with Gasteiger partial charge in [-0.3, -0.25) is 0 Å². The van der Waals surface area contributed by atoms with Gasteiger partial charge in [-0.05, 0) is 53.5 Å². The highest BCUT2D eigenvalue weighted by Crippen LogP contribution is 2.38. The summed E-state index contributed by atoms with van der Waals surface area (Å²) in [6.07, 6.45) is -2.83. The molecule has 0 bridgehead atoms. The summed E-state index contributed by atoms with van der Waals surface area (Å²) in [7, 11) is 3.04. The largest absolute Gasteiger partial charge is 0.573 e. The fraction of sp³-hybridized carbons (Fsp3) is 0.350. The van der Waals surface area contributed by atoms with Crippen LogP contribution in [-0.4, -0.2) is 36.7 Å². The number of halogens is 4. The van der Waals surface area contributed by atoms with Crippen molar-refractivity contribution in [3.8, 4) is 22.8 Å². The van der Waals surface area contributed by atoms with Crippen molar-refractivity contribution in [1.29, 1.82) is 0 Å². The lowest BCUT2D eigenvalue weighted by Crippen LogP contribution is -2.17. The highest BCUT2D eigenvalue weighted by molar-refractivity contribution is 9.10. The van der Waals surface area contributed by atoms with E-state index in [4.69, 9.17) is 14.5 Å². The van der Waals surface area contributed by atoms with Crippen LogP contribution in [0.5, 0.6) is 11.5 Å². The number of aromatic nitrogens is 2. The van der Waals surface area contributed by atoms with Gasteiger partial charge in [0, 0.05) is 24.9 Å². The van der Waals surface area contributed by atoms with Gasteiger partial charge in [0.2, 0.25) is 0 Å². The van der Waals surface area contributed by atoms with Gasteiger partial charge >= 0.3 is 6.36 Å². The number of fused-ring (bicyclic) bond motifs is 1. The Morgan fingerprint density at radius 3 is 2.55 bits per heavy atom. The molecule has 0 radical (unpaired) electrons. The highest BCUT2D eigenvalue weighted by Gasteiger charge is 2.31. The van der Waals surface area contributed by atoms with E-state index in [0.29, 0.717) is 17.9 Å². The Labute approximate surface area is 174 Å². The topological polar surface area (TPSA) is 45.5 Å². The predicted molar refractivity (Wildman–Crippen MR) is 107 cm³/mol. The third-order valence-electron chi connectivity index (χ3n) is 4.49. The lowest BCUT2D eigenvalue weighted by atomic mass is 10.0. The normalized spacial score (nSPS) is 13.0. The van der Waals surface area contributed by atoms with Crippen LogP contribution in [0.4, 0.5) is 13.2 Å². The number of nitrogens with zero attached hydrogens (tertiary/aromatic N) is 2. The van der Waals surface area contributed by atoms with E-state index in [0.717, 1.165) is 21.1 Å². The summed E-state index contributed by atoms with van der Waals surface area (Å²) in [5.41, 5.74) is 3.72. The third kappa shape index (κ3) is 4.51. The van der Waals surface area contributed by atoms with Crippen molar-refractivity contribution in [2.24, 2.45) is 0 Å². The van der Waals surface area contributed by atoms with Gasteiger partial charge in [0.15, 0.2) is 0 Å². The van der Waals surface area contributed by atoms with Crippen LogP contribution in [0.25, 0.3) is 22.3 Å². The first-order valence-electron chi connectivity index (χ1n) is 8.75. The number of benzene rings is 1. The minimum Gasteiger partial charge on any atom is -0.496 e. The first-order chi connectivity index (χ1) is 13.6. The molecule has 0 unspecified atom stereocenters. The van der Waals surface area contributed by atoms with Crippen LogP contribution < -0.4 is 9.47 Å². The lowest BCUT2D eigenvalue weighted by molar-refractivity contribution is -0.274. The Hall–Kier alpha value is -2.26. The van der Waals surface area contributed by atoms with Gasteiger partial charge < -0.3 is 18.8 Å². The Balaban J connectivity index is 2.10. The molecule has 3 aromatic rings. The van der Waals surface area contributed by atoms with Crippen molar-refractivity contribution >= 4 is 27.0 Å². The maximum Gasteiger partial charge on any atom is 0.573 e. The monoisotopic (exact) mass is 472 g/mol. The van der Waals surface area contributed by atoms with Gasteiger partial charge in [-0.15, -0.1) is 13.2 Å². The fourth-order valence-corrected chi connectivity index (χ4v) is 3.76. The van der Waals surface area contributed by atoms with E-state index in [1.54, 1.807) is 7.11 Å². The quantitative estimate of drug-likeness (QED) is 0.448. The molecule has 0 amide bonds. The Morgan fingerprint density at radius 2 is 1.93 bits per heavy atom. The van der Waals surface area contributed by atoms with Gasteiger partial charge in [-0.2, -0.15) is 0 Å². The minimum atomic E-state index is -4.77. The molecule has 0 spiro atoms. The van der Waals surface area contributed by atoms with E-state index in [2.05, 4.69) is 25.2 Å². The molecule has 0 aliphatic heterocycles. The standard InChI is InChI=1S/C20H20BrF3N2O3/c1-11-7-16-19(15(21)9-26(16)12(2)10-27-3)25-18(11)14-6-5-13(8-17(14)28-4)29-20(22,23)24/h5-9,12H,10H2,1-4H3/t12-/m0/s1. The van der Waals surface area contributed by atoms with Crippen LogP contribution in [-0.2, 0) is 4.74 Å². The molecular weight excluding hydrogens is 453 g/mol. The summed E-state index contributed by atoms with van der Waals surface area (Å²) in [6, 6.07) is 6.06. The molecule has 0 aliphatic carbocycles. The van der Waals surface area contributed by atoms with Crippen molar-refractivity contribution in [3.63, 3.8) is 0 Å². The van der Waals surface area contributed by atoms with Crippen LogP contribution >= 0.6 is 15.9 Å². The van der Waals surface area contributed by atoms with Crippen molar-refractivity contribution < 1.29 is 27.4 Å². The van der Waals surface area contributed by atoms with Gasteiger partial charge in [0.25, 0.3) is 0 Å². The van der Waals surface area contributed by atoms with Crippen LogP contribution in [0.2, 0.25) is 0 Å².